The Kier molecular flexibility index (Phi) is 9.04. The second-order valence-corrected chi connectivity index (χ2v) is 12.8. The molecule has 1 N–H and O–H groups in total. The fourth-order valence-electron chi connectivity index (χ4n) is 4.59. The van der Waals surface area contributed by atoms with Crippen molar-refractivity contribution in [2.24, 2.45) is 0 Å². The molecule has 5 heteroatoms. The molecule has 24 heavy (non-hydrogen) atoms. The Morgan fingerprint density at radius 2 is 1.71 bits per heavy atom. The summed E-state index contributed by atoms with van der Waals surface area (Å²) in [5.74, 6) is 0. The minimum Gasteiger partial charge on any atom is -1.00 e. The van der Waals surface area contributed by atoms with Crippen LogP contribution in [0.5, 0.6) is 0 Å². The van der Waals surface area contributed by atoms with Crippen LogP contribution in [0.1, 0.15) is 51.2 Å². The van der Waals surface area contributed by atoms with Crippen molar-refractivity contribution in [2.45, 2.75) is 70.6 Å². The summed E-state index contributed by atoms with van der Waals surface area (Å²) in [5.41, 5.74) is 7.61. The van der Waals surface area contributed by atoms with Gasteiger partial charge in [-0.2, -0.15) is 0 Å². The largest absolute Gasteiger partial charge is 2.00 e. The number of hydrogen-bond acceptors (Lipinski definition) is 1. The van der Waals surface area contributed by atoms with Gasteiger partial charge in [-0.15, -0.1) is 0 Å². The van der Waals surface area contributed by atoms with Crippen molar-refractivity contribution >= 4 is 13.8 Å². The number of rotatable bonds is 2. The van der Waals surface area contributed by atoms with E-state index >= 15 is 0 Å². The predicted molar refractivity (Wildman–Crippen MR) is 95.0 cm³/mol. The monoisotopic (exact) mass is 417 g/mol. The number of halogens is 2. The van der Waals surface area contributed by atoms with Crippen LogP contribution in [0.2, 0.25) is 18.6 Å². The van der Waals surface area contributed by atoms with E-state index in [1.807, 2.05) is 0 Å². The average molecular weight is 418 g/mol. The quantitative estimate of drug-likeness (QED) is 0.618. The first-order valence-electron chi connectivity index (χ1n) is 8.37. The summed E-state index contributed by atoms with van der Waals surface area (Å²) in [6, 6.07) is 9.07. The summed E-state index contributed by atoms with van der Waals surface area (Å²) in [6.45, 7) is 12.0. The third-order valence-electron chi connectivity index (χ3n) is 5.02. The van der Waals surface area contributed by atoms with E-state index in [9.17, 15) is 0 Å². The molecule has 0 radical (unpaired) electrons. The van der Waals surface area contributed by atoms with Gasteiger partial charge in [0.25, 0.3) is 0 Å². The first-order chi connectivity index (χ1) is 9.78. The molecule has 0 saturated heterocycles. The number of allylic oxidation sites excluding steroid dienone is 2. The van der Waals surface area contributed by atoms with Crippen molar-refractivity contribution in [1.82, 2.24) is 4.98 Å². The van der Waals surface area contributed by atoms with Crippen LogP contribution in [0.4, 0.5) is 0 Å². The van der Waals surface area contributed by atoms with Crippen molar-refractivity contribution in [3.05, 3.63) is 41.0 Å². The van der Waals surface area contributed by atoms with E-state index in [1.54, 1.807) is 22.3 Å². The van der Waals surface area contributed by atoms with Crippen LogP contribution in [0.15, 0.2) is 29.8 Å². The van der Waals surface area contributed by atoms with Gasteiger partial charge < -0.3 is 29.8 Å². The summed E-state index contributed by atoms with van der Waals surface area (Å²) in [7, 11) is -1.47. The molecule has 1 aromatic rings. The normalized spacial score (nSPS) is 19.5. The van der Waals surface area contributed by atoms with Crippen molar-refractivity contribution in [3.8, 4) is 0 Å². The zero-order valence-electron chi connectivity index (χ0n) is 15.5. The Balaban J connectivity index is 0.00000176. The van der Waals surface area contributed by atoms with Gasteiger partial charge in [-0.3, -0.25) is 0 Å². The number of hydrogen-bond donors (Lipinski definition) is 1. The molecule has 1 unspecified atom stereocenters. The van der Waals surface area contributed by atoms with Gasteiger partial charge in [-0.25, -0.2) is 0 Å². The van der Waals surface area contributed by atoms with E-state index in [1.165, 1.54) is 25.7 Å². The fourth-order valence-corrected chi connectivity index (χ4v) is 8.77. The van der Waals surface area contributed by atoms with Crippen molar-refractivity contribution in [3.63, 3.8) is 0 Å². The Bertz CT molecular complexity index is 593. The smallest absolute Gasteiger partial charge is 1.00 e. The van der Waals surface area contributed by atoms with Crippen LogP contribution in [0.3, 0.4) is 0 Å². The van der Waals surface area contributed by atoms with Gasteiger partial charge in [0.05, 0.1) is 0 Å². The third kappa shape index (κ3) is 4.99. The Morgan fingerprint density at radius 1 is 1.08 bits per heavy atom. The summed E-state index contributed by atoms with van der Waals surface area (Å²) in [5, 5.41) is 0. The van der Waals surface area contributed by atoms with Crippen LogP contribution in [-0.2, 0) is 28.1 Å². The summed E-state index contributed by atoms with van der Waals surface area (Å²) in [6.07, 6.45) is 5.25. The SMILES string of the molecule is CC(C)(C)N[Si](C)(C)C1CCCC2=C1Cc1ccccc12.[Cl-].[Cl-].[Ti+2]. The maximum atomic E-state index is 4.01. The molecule has 1 aromatic carbocycles. The van der Waals surface area contributed by atoms with E-state index in [4.69, 9.17) is 0 Å². The average Bonchev–Trinajstić information content (AvgIpc) is 2.74. The fraction of sp³-hybridized carbons (Fsp3) is 0.579. The van der Waals surface area contributed by atoms with Crippen molar-refractivity contribution in [1.29, 1.82) is 0 Å². The zero-order chi connectivity index (χ0) is 15.3. The molecule has 2 aliphatic rings. The van der Waals surface area contributed by atoms with Crippen molar-refractivity contribution < 1.29 is 46.5 Å². The van der Waals surface area contributed by atoms with E-state index in [-0.39, 0.29) is 52.1 Å². The van der Waals surface area contributed by atoms with E-state index in [2.05, 4.69) is 63.1 Å². The van der Waals surface area contributed by atoms with Crippen LogP contribution in [0, 0.1) is 0 Å². The minimum absolute atomic E-state index is 0. The Morgan fingerprint density at radius 3 is 2.33 bits per heavy atom. The zero-order valence-corrected chi connectivity index (χ0v) is 19.5. The van der Waals surface area contributed by atoms with Crippen LogP contribution in [-0.4, -0.2) is 13.8 Å². The number of benzene rings is 1. The second-order valence-electron chi connectivity index (χ2n) is 8.38. The summed E-state index contributed by atoms with van der Waals surface area (Å²) >= 11 is 0. The predicted octanol–water partition coefficient (Wildman–Crippen LogP) is -0.851. The van der Waals surface area contributed by atoms with Gasteiger partial charge >= 0.3 is 21.7 Å². The number of nitrogens with one attached hydrogen (secondary N) is 1. The maximum absolute atomic E-state index is 4.01. The van der Waals surface area contributed by atoms with Gasteiger partial charge in [0.1, 0.15) is 8.24 Å². The molecule has 0 aliphatic heterocycles. The maximum Gasteiger partial charge on any atom is 2.00 e. The molecular weight excluding hydrogens is 389 g/mol. The summed E-state index contributed by atoms with van der Waals surface area (Å²) in [4.78, 5) is 4.01. The molecule has 132 valence electrons. The van der Waals surface area contributed by atoms with Crippen LogP contribution < -0.4 is 29.8 Å². The molecule has 1 nitrogen and oxygen atoms in total. The second kappa shape index (κ2) is 8.88. The first kappa shape index (κ1) is 24.4. The molecule has 0 bridgehead atoms. The molecule has 3 rings (SSSR count). The minimum atomic E-state index is -1.47. The molecule has 0 saturated carbocycles. The van der Waals surface area contributed by atoms with Crippen molar-refractivity contribution in [2.75, 3.05) is 0 Å². The molecule has 0 fully saturated rings. The van der Waals surface area contributed by atoms with E-state index in [0.29, 0.717) is 0 Å². The van der Waals surface area contributed by atoms with Crippen LogP contribution in [0.25, 0.3) is 5.57 Å². The molecule has 0 heterocycles. The van der Waals surface area contributed by atoms with Gasteiger partial charge in [0, 0.05) is 5.54 Å². The summed E-state index contributed by atoms with van der Waals surface area (Å²) < 4.78 is 0. The van der Waals surface area contributed by atoms with Crippen LogP contribution >= 0.6 is 0 Å². The van der Waals surface area contributed by atoms with E-state index < -0.39 is 8.24 Å². The molecule has 0 amide bonds. The standard InChI is InChI=1S/C19H29NSi.2ClH.Ti/c1-19(2,3)20-21(4,5)18-12-8-11-16-15-10-7-6-9-14(15)13-17(16)18;;;/h6-7,9-10,18,20H,8,11-13H2,1-5H3;2*1H;/q;;;+2/p-2. The van der Waals surface area contributed by atoms with Gasteiger partial charge in [0.15, 0.2) is 0 Å². The molecular formula is C19H29Cl2NSiTi. The van der Waals surface area contributed by atoms with Gasteiger partial charge in [-0.05, 0) is 68.7 Å². The van der Waals surface area contributed by atoms with E-state index in [0.717, 1.165) is 5.54 Å². The topological polar surface area (TPSA) is 12.0 Å². The van der Waals surface area contributed by atoms with Gasteiger partial charge in [0.2, 0.25) is 0 Å². The Hall–Kier alpha value is 0.431. The molecule has 0 spiro atoms. The Labute approximate surface area is 176 Å². The molecule has 1 atom stereocenters. The first-order valence-corrected chi connectivity index (χ1v) is 11.5. The molecule has 0 aromatic heterocycles. The van der Waals surface area contributed by atoms with Gasteiger partial charge in [-0.1, -0.05) is 42.9 Å². The number of fused-ring (bicyclic) bond motifs is 2. The third-order valence-corrected chi connectivity index (χ3v) is 8.79. The molecule has 2 aliphatic carbocycles.